The maximum atomic E-state index is 13.4. The van der Waals surface area contributed by atoms with Gasteiger partial charge in [-0.05, 0) is 24.6 Å². The van der Waals surface area contributed by atoms with E-state index < -0.39 is 36.7 Å². The summed E-state index contributed by atoms with van der Waals surface area (Å²) in [6, 6.07) is 3.49. The lowest BCUT2D eigenvalue weighted by molar-refractivity contribution is 0.585. The minimum atomic E-state index is -3.95. The molecule has 1 aromatic carbocycles. The molecule has 0 spiro atoms. The molecule has 0 radical (unpaired) electrons. The Morgan fingerprint density at radius 3 is 2.63 bits per heavy atom. The topological polar surface area (TPSA) is 106 Å². The molecule has 1 aromatic rings. The van der Waals surface area contributed by atoms with E-state index in [0.717, 1.165) is 12.1 Å². The van der Waals surface area contributed by atoms with Gasteiger partial charge in [0.2, 0.25) is 10.0 Å². The van der Waals surface area contributed by atoms with Crippen molar-refractivity contribution in [1.82, 2.24) is 0 Å². The second-order valence-electron chi connectivity index (χ2n) is 4.41. The molecule has 19 heavy (non-hydrogen) atoms. The van der Waals surface area contributed by atoms with Gasteiger partial charge >= 0.3 is 0 Å². The Labute approximate surface area is 110 Å². The highest BCUT2D eigenvalue weighted by molar-refractivity contribution is 7.97. The first-order valence-electron chi connectivity index (χ1n) is 5.47. The number of anilines is 2. The molecule has 106 valence electrons. The van der Waals surface area contributed by atoms with E-state index in [-0.39, 0.29) is 23.5 Å². The fourth-order valence-electron chi connectivity index (χ4n) is 1.86. The van der Waals surface area contributed by atoms with Crippen LogP contribution in [0.25, 0.3) is 0 Å². The van der Waals surface area contributed by atoms with Crippen LogP contribution in [0.5, 0.6) is 0 Å². The number of nitrogens with one attached hydrogen (secondary N) is 1. The van der Waals surface area contributed by atoms with Crippen LogP contribution in [-0.2, 0) is 19.9 Å². The first-order valence-corrected chi connectivity index (χ1v) is 8.83. The monoisotopic (exact) mass is 308 g/mol. The van der Waals surface area contributed by atoms with Crippen LogP contribution in [0.3, 0.4) is 0 Å². The van der Waals surface area contributed by atoms with Crippen molar-refractivity contribution in [1.29, 1.82) is 0 Å². The summed E-state index contributed by atoms with van der Waals surface area (Å²) < 4.78 is 62.0. The average molecular weight is 308 g/mol. The molecule has 3 N–H and O–H groups in total. The van der Waals surface area contributed by atoms with Gasteiger partial charge in [-0.15, -0.1) is 0 Å². The lowest BCUT2D eigenvalue weighted by atomic mass is 10.3. The van der Waals surface area contributed by atoms with Crippen molar-refractivity contribution in [3.05, 3.63) is 24.0 Å². The van der Waals surface area contributed by atoms with E-state index >= 15 is 0 Å². The quantitative estimate of drug-likeness (QED) is 0.783. The third-order valence-corrected chi connectivity index (χ3v) is 6.64. The molecule has 1 saturated heterocycles. The molecule has 1 aliphatic heterocycles. The van der Waals surface area contributed by atoms with E-state index in [1.807, 2.05) is 0 Å². The summed E-state index contributed by atoms with van der Waals surface area (Å²) in [5, 5.41) is -1.06. The van der Waals surface area contributed by atoms with Crippen LogP contribution in [0.15, 0.2) is 18.2 Å². The summed E-state index contributed by atoms with van der Waals surface area (Å²) >= 11 is 0. The van der Waals surface area contributed by atoms with Gasteiger partial charge in [0.15, 0.2) is 9.84 Å². The summed E-state index contributed by atoms with van der Waals surface area (Å²) in [6.07, 6.45) is 0.0155. The Balaban J connectivity index is 2.25. The van der Waals surface area contributed by atoms with Crippen molar-refractivity contribution >= 4 is 31.2 Å². The first kappa shape index (κ1) is 14.1. The Hall–Kier alpha value is -1.35. The Morgan fingerprint density at radius 2 is 2.05 bits per heavy atom. The number of rotatable bonds is 3. The normalized spacial score (nSPS) is 22.3. The summed E-state index contributed by atoms with van der Waals surface area (Å²) in [7, 11) is -7.27. The molecule has 1 unspecified atom stereocenters. The molecular formula is C10H13FN2O4S2. The molecule has 0 aliphatic carbocycles. The van der Waals surface area contributed by atoms with Gasteiger partial charge in [-0.1, -0.05) is 0 Å². The predicted molar refractivity (Wildman–Crippen MR) is 70.4 cm³/mol. The van der Waals surface area contributed by atoms with Crippen LogP contribution in [0.1, 0.15) is 6.42 Å². The molecule has 1 aliphatic rings. The molecular weight excluding hydrogens is 295 g/mol. The predicted octanol–water partition coefficient (Wildman–Crippen LogP) is 0.337. The second-order valence-corrected chi connectivity index (χ2v) is 8.60. The summed E-state index contributed by atoms with van der Waals surface area (Å²) in [4.78, 5) is 0. The fourth-order valence-corrected chi connectivity index (χ4v) is 5.95. The van der Waals surface area contributed by atoms with E-state index in [2.05, 4.69) is 4.72 Å². The van der Waals surface area contributed by atoms with Gasteiger partial charge in [0.05, 0.1) is 22.4 Å². The van der Waals surface area contributed by atoms with Crippen molar-refractivity contribution in [2.45, 2.75) is 11.7 Å². The Kier molecular flexibility index (Phi) is 3.43. The van der Waals surface area contributed by atoms with Crippen molar-refractivity contribution in [2.75, 3.05) is 22.0 Å². The zero-order chi connectivity index (χ0) is 14.3. The highest BCUT2D eigenvalue weighted by Gasteiger charge is 2.37. The van der Waals surface area contributed by atoms with Crippen molar-refractivity contribution < 1.29 is 21.2 Å². The Bertz CT molecular complexity index is 700. The third-order valence-electron chi connectivity index (χ3n) is 2.87. The van der Waals surface area contributed by atoms with E-state index in [1.54, 1.807) is 0 Å². The minimum Gasteiger partial charge on any atom is -0.399 e. The van der Waals surface area contributed by atoms with Gasteiger partial charge in [0, 0.05) is 5.69 Å². The molecule has 1 heterocycles. The number of sulfonamides is 1. The molecule has 0 saturated carbocycles. The molecule has 1 atom stereocenters. The van der Waals surface area contributed by atoms with Crippen molar-refractivity contribution in [3.63, 3.8) is 0 Å². The molecule has 6 nitrogen and oxygen atoms in total. The van der Waals surface area contributed by atoms with Crippen LogP contribution >= 0.6 is 0 Å². The smallest absolute Gasteiger partial charge is 0.236 e. The lowest BCUT2D eigenvalue weighted by Crippen LogP contribution is -2.29. The maximum absolute atomic E-state index is 13.4. The summed E-state index contributed by atoms with van der Waals surface area (Å²) in [5.74, 6) is -1.37. The molecule has 0 amide bonds. The molecule has 2 rings (SSSR count). The number of sulfone groups is 1. The molecule has 1 fully saturated rings. The zero-order valence-electron chi connectivity index (χ0n) is 9.84. The van der Waals surface area contributed by atoms with Gasteiger partial charge in [0.25, 0.3) is 0 Å². The fraction of sp³-hybridized carbons (Fsp3) is 0.400. The summed E-state index contributed by atoms with van der Waals surface area (Å²) in [5.41, 5.74) is 5.38. The number of nitrogen functional groups attached to an aromatic ring is 1. The van der Waals surface area contributed by atoms with E-state index in [1.165, 1.54) is 6.07 Å². The van der Waals surface area contributed by atoms with Gasteiger partial charge in [-0.25, -0.2) is 21.2 Å². The van der Waals surface area contributed by atoms with Gasteiger partial charge in [-0.2, -0.15) is 0 Å². The highest BCUT2D eigenvalue weighted by Crippen LogP contribution is 2.24. The third kappa shape index (κ3) is 3.16. The molecule has 9 heteroatoms. The highest BCUT2D eigenvalue weighted by atomic mass is 32.2. The van der Waals surface area contributed by atoms with Crippen LogP contribution in [0.2, 0.25) is 0 Å². The van der Waals surface area contributed by atoms with Gasteiger partial charge in [-0.3, -0.25) is 4.72 Å². The SMILES string of the molecule is Nc1ccc(F)c(NS(=O)(=O)C2CCS(=O)(=O)C2)c1. The molecule has 0 bridgehead atoms. The largest absolute Gasteiger partial charge is 0.399 e. The summed E-state index contributed by atoms with van der Waals surface area (Å²) in [6.45, 7) is 0. The van der Waals surface area contributed by atoms with E-state index in [9.17, 15) is 21.2 Å². The second kappa shape index (κ2) is 4.64. The maximum Gasteiger partial charge on any atom is 0.236 e. The van der Waals surface area contributed by atoms with Crippen molar-refractivity contribution in [3.8, 4) is 0 Å². The average Bonchev–Trinajstić information content (AvgIpc) is 2.65. The first-order chi connectivity index (χ1) is 8.70. The number of hydrogen-bond donors (Lipinski definition) is 2. The number of nitrogens with two attached hydrogens (primary N) is 1. The van der Waals surface area contributed by atoms with Gasteiger partial charge in [0.1, 0.15) is 5.82 Å². The standard InChI is InChI=1S/C10H13FN2O4S2/c11-9-2-1-7(12)5-10(9)13-19(16,17)8-3-4-18(14,15)6-8/h1-2,5,8,13H,3-4,6,12H2. The minimum absolute atomic E-state index is 0.0155. The van der Waals surface area contributed by atoms with Crippen LogP contribution in [0.4, 0.5) is 15.8 Å². The lowest BCUT2D eigenvalue weighted by Gasteiger charge is -2.13. The van der Waals surface area contributed by atoms with Crippen LogP contribution in [0, 0.1) is 5.82 Å². The zero-order valence-corrected chi connectivity index (χ0v) is 11.5. The van der Waals surface area contributed by atoms with E-state index in [4.69, 9.17) is 5.73 Å². The Morgan fingerprint density at radius 1 is 1.37 bits per heavy atom. The van der Waals surface area contributed by atoms with Crippen molar-refractivity contribution in [2.24, 2.45) is 0 Å². The molecule has 0 aromatic heterocycles. The van der Waals surface area contributed by atoms with Crippen LogP contribution in [-0.4, -0.2) is 33.6 Å². The van der Waals surface area contributed by atoms with Gasteiger partial charge < -0.3 is 5.73 Å². The number of benzene rings is 1. The van der Waals surface area contributed by atoms with E-state index in [0.29, 0.717) is 0 Å². The van der Waals surface area contributed by atoms with Crippen LogP contribution < -0.4 is 10.5 Å². The number of halogens is 1. The number of hydrogen-bond acceptors (Lipinski definition) is 5.